The second kappa shape index (κ2) is 6.44. The average molecular weight is 244 g/mol. The SMILES string of the molecule is CCN(CC)C(=O)N1CCOCC1CC(=O)O. The molecule has 1 N–H and O–H groups in total. The smallest absolute Gasteiger partial charge is 0.320 e. The zero-order valence-electron chi connectivity index (χ0n) is 10.4. The second-order valence-electron chi connectivity index (χ2n) is 3.97. The summed E-state index contributed by atoms with van der Waals surface area (Å²) in [4.78, 5) is 26.2. The molecule has 1 unspecified atom stereocenters. The molecule has 1 saturated heterocycles. The third-order valence-corrected chi connectivity index (χ3v) is 2.92. The Kier molecular flexibility index (Phi) is 5.21. The minimum atomic E-state index is -0.905. The van der Waals surface area contributed by atoms with E-state index in [2.05, 4.69) is 0 Å². The molecule has 1 aliphatic rings. The van der Waals surface area contributed by atoms with Gasteiger partial charge in [0.15, 0.2) is 0 Å². The van der Waals surface area contributed by atoms with Crippen LogP contribution < -0.4 is 0 Å². The summed E-state index contributed by atoms with van der Waals surface area (Å²) in [6.45, 7) is 6.33. The van der Waals surface area contributed by atoms with Gasteiger partial charge in [0.2, 0.25) is 0 Å². The van der Waals surface area contributed by atoms with E-state index in [0.717, 1.165) is 0 Å². The summed E-state index contributed by atoms with van der Waals surface area (Å²) < 4.78 is 5.23. The molecule has 2 amide bonds. The van der Waals surface area contributed by atoms with Gasteiger partial charge in [-0.05, 0) is 13.8 Å². The lowest BCUT2D eigenvalue weighted by molar-refractivity contribution is -0.139. The highest BCUT2D eigenvalue weighted by Gasteiger charge is 2.30. The largest absolute Gasteiger partial charge is 0.481 e. The predicted octanol–water partition coefficient (Wildman–Crippen LogP) is 0.624. The maximum absolute atomic E-state index is 12.2. The summed E-state index contributed by atoms with van der Waals surface area (Å²) in [5.74, 6) is -0.905. The van der Waals surface area contributed by atoms with E-state index in [0.29, 0.717) is 32.8 Å². The molecule has 0 aromatic heterocycles. The zero-order chi connectivity index (χ0) is 12.8. The molecule has 1 aliphatic heterocycles. The van der Waals surface area contributed by atoms with Gasteiger partial charge in [0.25, 0.3) is 0 Å². The van der Waals surface area contributed by atoms with Gasteiger partial charge in [-0.15, -0.1) is 0 Å². The van der Waals surface area contributed by atoms with Crippen LogP contribution in [0.2, 0.25) is 0 Å². The molecule has 1 fully saturated rings. The number of rotatable bonds is 4. The molecule has 0 aromatic carbocycles. The number of morpholine rings is 1. The van der Waals surface area contributed by atoms with Crippen LogP contribution >= 0.6 is 0 Å². The van der Waals surface area contributed by atoms with Crippen LogP contribution in [-0.4, -0.2) is 65.8 Å². The van der Waals surface area contributed by atoms with Gasteiger partial charge in [0, 0.05) is 19.6 Å². The number of hydrogen-bond donors (Lipinski definition) is 1. The lowest BCUT2D eigenvalue weighted by Gasteiger charge is -2.37. The number of carbonyl (C=O) groups excluding carboxylic acids is 1. The van der Waals surface area contributed by atoms with Crippen molar-refractivity contribution in [3.05, 3.63) is 0 Å². The van der Waals surface area contributed by atoms with Crippen molar-refractivity contribution in [1.29, 1.82) is 0 Å². The van der Waals surface area contributed by atoms with Gasteiger partial charge in [0.1, 0.15) is 0 Å². The molecule has 0 aliphatic carbocycles. The van der Waals surface area contributed by atoms with E-state index in [9.17, 15) is 9.59 Å². The van der Waals surface area contributed by atoms with E-state index in [1.807, 2.05) is 13.8 Å². The third-order valence-electron chi connectivity index (χ3n) is 2.92. The van der Waals surface area contributed by atoms with Crippen LogP contribution in [0.3, 0.4) is 0 Å². The summed E-state index contributed by atoms with van der Waals surface area (Å²) in [5.41, 5.74) is 0. The summed E-state index contributed by atoms with van der Waals surface area (Å²) in [6.07, 6.45) is -0.0625. The molecular weight excluding hydrogens is 224 g/mol. The molecule has 6 nitrogen and oxygen atoms in total. The van der Waals surface area contributed by atoms with E-state index in [-0.39, 0.29) is 18.5 Å². The number of carboxylic acid groups (broad SMARTS) is 1. The third kappa shape index (κ3) is 3.59. The number of hydrogen-bond acceptors (Lipinski definition) is 3. The summed E-state index contributed by atoms with van der Waals surface area (Å²) in [6, 6.07) is -0.445. The Balaban J connectivity index is 2.69. The molecule has 1 heterocycles. The highest BCUT2D eigenvalue weighted by Crippen LogP contribution is 2.13. The van der Waals surface area contributed by atoms with Crippen LogP contribution in [0.1, 0.15) is 20.3 Å². The monoisotopic (exact) mass is 244 g/mol. The molecule has 0 spiro atoms. The van der Waals surface area contributed by atoms with Crippen molar-refractivity contribution in [2.45, 2.75) is 26.3 Å². The van der Waals surface area contributed by atoms with Crippen LogP contribution in [-0.2, 0) is 9.53 Å². The van der Waals surface area contributed by atoms with E-state index in [4.69, 9.17) is 9.84 Å². The molecule has 98 valence electrons. The zero-order valence-corrected chi connectivity index (χ0v) is 10.4. The molecular formula is C11H20N2O4. The van der Waals surface area contributed by atoms with Crippen LogP contribution in [0.4, 0.5) is 4.79 Å². The van der Waals surface area contributed by atoms with Gasteiger partial charge in [-0.1, -0.05) is 0 Å². The molecule has 0 saturated carbocycles. The minimum Gasteiger partial charge on any atom is -0.481 e. The van der Waals surface area contributed by atoms with Gasteiger partial charge < -0.3 is 19.6 Å². The van der Waals surface area contributed by atoms with Crippen molar-refractivity contribution >= 4 is 12.0 Å². The van der Waals surface area contributed by atoms with Gasteiger partial charge in [-0.25, -0.2) is 4.79 Å². The number of urea groups is 1. The van der Waals surface area contributed by atoms with Crippen molar-refractivity contribution in [3.63, 3.8) is 0 Å². The lowest BCUT2D eigenvalue weighted by atomic mass is 10.1. The van der Waals surface area contributed by atoms with Crippen molar-refractivity contribution in [3.8, 4) is 0 Å². The quantitative estimate of drug-likeness (QED) is 0.787. The molecule has 17 heavy (non-hydrogen) atoms. The molecule has 0 aromatic rings. The van der Waals surface area contributed by atoms with Crippen molar-refractivity contribution in [1.82, 2.24) is 9.80 Å². The fourth-order valence-electron chi connectivity index (χ4n) is 1.95. The number of carboxylic acids is 1. The van der Waals surface area contributed by atoms with Crippen molar-refractivity contribution in [2.75, 3.05) is 32.8 Å². The van der Waals surface area contributed by atoms with Crippen LogP contribution in [0.25, 0.3) is 0 Å². The molecule has 1 rings (SSSR count). The van der Waals surface area contributed by atoms with Crippen molar-refractivity contribution < 1.29 is 19.4 Å². The van der Waals surface area contributed by atoms with Gasteiger partial charge in [-0.3, -0.25) is 4.79 Å². The maximum Gasteiger partial charge on any atom is 0.320 e. The van der Waals surface area contributed by atoms with E-state index in [1.165, 1.54) is 0 Å². The molecule has 0 radical (unpaired) electrons. The van der Waals surface area contributed by atoms with Gasteiger partial charge >= 0.3 is 12.0 Å². The minimum absolute atomic E-state index is 0.0625. The highest BCUT2D eigenvalue weighted by molar-refractivity contribution is 5.76. The Morgan fingerprint density at radius 1 is 1.41 bits per heavy atom. The predicted molar refractivity (Wildman–Crippen MR) is 61.9 cm³/mol. The Morgan fingerprint density at radius 2 is 2.06 bits per heavy atom. The molecule has 6 heteroatoms. The molecule has 0 bridgehead atoms. The lowest BCUT2D eigenvalue weighted by Crippen LogP contribution is -2.54. The fraction of sp³-hybridized carbons (Fsp3) is 0.818. The number of aliphatic carboxylic acids is 1. The Labute approximate surface area is 101 Å². The first kappa shape index (κ1) is 13.8. The van der Waals surface area contributed by atoms with E-state index in [1.54, 1.807) is 9.80 Å². The Bertz CT molecular complexity index is 279. The Hall–Kier alpha value is -1.30. The number of ether oxygens (including phenoxy) is 1. The summed E-state index contributed by atoms with van der Waals surface area (Å²) in [7, 11) is 0. The average Bonchev–Trinajstić information content (AvgIpc) is 2.30. The van der Waals surface area contributed by atoms with Crippen molar-refractivity contribution in [2.24, 2.45) is 0 Å². The normalized spacial score (nSPS) is 20.1. The Morgan fingerprint density at radius 3 is 2.59 bits per heavy atom. The number of amides is 2. The molecule has 1 atom stereocenters. The number of carbonyl (C=O) groups is 2. The first-order valence-electron chi connectivity index (χ1n) is 5.95. The van der Waals surface area contributed by atoms with Crippen LogP contribution in [0.15, 0.2) is 0 Å². The fourth-order valence-corrected chi connectivity index (χ4v) is 1.95. The van der Waals surface area contributed by atoms with Crippen LogP contribution in [0, 0.1) is 0 Å². The number of nitrogens with zero attached hydrogens (tertiary/aromatic N) is 2. The van der Waals surface area contributed by atoms with Crippen LogP contribution in [0.5, 0.6) is 0 Å². The maximum atomic E-state index is 12.2. The standard InChI is InChI=1S/C11H20N2O4/c1-3-12(4-2)11(16)13-5-6-17-8-9(13)7-10(14)15/h9H,3-8H2,1-2H3,(H,14,15). The summed E-state index contributed by atoms with van der Waals surface area (Å²) in [5, 5.41) is 8.81. The highest BCUT2D eigenvalue weighted by atomic mass is 16.5. The first-order valence-corrected chi connectivity index (χ1v) is 5.95. The topological polar surface area (TPSA) is 70.1 Å². The second-order valence-corrected chi connectivity index (χ2v) is 3.97. The van der Waals surface area contributed by atoms with E-state index >= 15 is 0 Å². The van der Waals surface area contributed by atoms with Gasteiger partial charge in [-0.2, -0.15) is 0 Å². The summed E-state index contributed by atoms with van der Waals surface area (Å²) >= 11 is 0. The first-order chi connectivity index (χ1) is 8.10. The van der Waals surface area contributed by atoms with E-state index < -0.39 is 5.97 Å². The van der Waals surface area contributed by atoms with Gasteiger partial charge in [0.05, 0.1) is 25.7 Å².